The van der Waals surface area contributed by atoms with Crippen LogP contribution in [0.25, 0.3) is 0 Å². The van der Waals surface area contributed by atoms with Crippen LogP contribution in [0.5, 0.6) is 17.2 Å². The number of nitrogens with zero attached hydrogens (tertiary/aromatic N) is 2. The molecule has 0 fully saturated rings. The first-order valence-electron chi connectivity index (χ1n) is 13.3. The Balaban J connectivity index is 2.17. The zero-order valence-electron chi connectivity index (χ0n) is 24.3. The summed E-state index contributed by atoms with van der Waals surface area (Å²) in [5.74, 6) is -0.222. The Morgan fingerprint density at radius 1 is 0.881 bits per heavy atom. The number of sulfonamides is 1. The fourth-order valence-corrected chi connectivity index (χ4v) is 6.07. The predicted octanol–water partition coefficient (Wildman–Crippen LogP) is 4.50. The van der Waals surface area contributed by atoms with Gasteiger partial charge in [0.1, 0.15) is 18.3 Å². The van der Waals surface area contributed by atoms with Gasteiger partial charge < -0.3 is 24.4 Å². The Kier molecular flexibility index (Phi) is 11.5. The van der Waals surface area contributed by atoms with E-state index < -0.39 is 28.5 Å². The Labute approximate surface area is 252 Å². The second-order valence-corrected chi connectivity index (χ2v) is 11.5. The van der Waals surface area contributed by atoms with E-state index in [0.29, 0.717) is 18.7 Å². The van der Waals surface area contributed by atoms with Gasteiger partial charge in [-0.25, -0.2) is 8.42 Å². The fourth-order valence-electron chi connectivity index (χ4n) is 4.47. The molecule has 0 spiro atoms. The number of nitrogens with one attached hydrogen (secondary N) is 1. The minimum absolute atomic E-state index is 0.0545. The summed E-state index contributed by atoms with van der Waals surface area (Å²) in [4.78, 5) is 28.5. The first-order valence-corrected chi connectivity index (χ1v) is 15.1. The summed E-state index contributed by atoms with van der Waals surface area (Å²) in [6, 6.07) is 17.0. The van der Waals surface area contributed by atoms with Crippen molar-refractivity contribution < 1.29 is 32.2 Å². The molecule has 42 heavy (non-hydrogen) atoms. The largest absolute Gasteiger partial charge is 0.495 e. The minimum Gasteiger partial charge on any atom is -0.495 e. The zero-order chi connectivity index (χ0) is 30.9. The first kappa shape index (κ1) is 32.6. The van der Waals surface area contributed by atoms with Gasteiger partial charge in [0, 0.05) is 24.2 Å². The van der Waals surface area contributed by atoms with Gasteiger partial charge in [-0.3, -0.25) is 13.9 Å². The van der Waals surface area contributed by atoms with Gasteiger partial charge in [-0.1, -0.05) is 48.9 Å². The minimum atomic E-state index is -4.41. The van der Waals surface area contributed by atoms with Gasteiger partial charge in [0.15, 0.2) is 11.5 Å². The van der Waals surface area contributed by atoms with Crippen LogP contribution in [0.1, 0.15) is 25.8 Å². The molecule has 1 atom stereocenters. The van der Waals surface area contributed by atoms with E-state index in [2.05, 4.69) is 5.32 Å². The number of carbonyl (C=O) groups excluding carboxylic acids is 2. The molecular weight excluding hydrogens is 582 g/mol. The maximum atomic E-state index is 14.3. The van der Waals surface area contributed by atoms with Crippen molar-refractivity contribution >= 4 is 39.1 Å². The lowest BCUT2D eigenvalue weighted by Crippen LogP contribution is -2.52. The Morgan fingerprint density at radius 2 is 1.52 bits per heavy atom. The molecule has 0 aliphatic heterocycles. The van der Waals surface area contributed by atoms with Crippen molar-refractivity contribution in [3.63, 3.8) is 0 Å². The first-order chi connectivity index (χ1) is 20.1. The lowest BCUT2D eigenvalue weighted by molar-refractivity contribution is -0.140. The van der Waals surface area contributed by atoms with Crippen molar-refractivity contribution in [1.29, 1.82) is 0 Å². The highest BCUT2D eigenvalue weighted by Gasteiger charge is 2.35. The molecule has 12 heteroatoms. The number of likely N-dealkylation sites (N-methyl/N-ethyl adjacent to an activating group) is 1. The highest BCUT2D eigenvalue weighted by Crippen LogP contribution is 2.37. The van der Waals surface area contributed by atoms with Crippen molar-refractivity contribution in [3.05, 3.63) is 77.3 Å². The van der Waals surface area contributed by atoms with Crippen LogP contribution in [-0.2, 0) is 26.2 Å². The van der Waals surface area contributed by atoms with Crippen LogP contribution in [0, 0.1) is 0 Å². The van der Waals surface area contributed by atoms with E-state index in [1.807, 2.05) is 30.3 Å². The van der Waals surface area contributed by atoms with Crippen LogP contribution < -0.4 is 23.8 Å². The molecule has 0 bridgehead atoms. The number of anilines is 1. The van der Waals surface area contributed by atoms with Crippen molar-refractivity contribution in [2.24, 2.45) is 0 Å². The molecule has 1 N–H and O–H groups in total. The average Bonchev–Trinajstić information content (AvgIpc) is 2.99. The number of amides is 2. The number of hydrogen-bond donors (Lipinski definition) is 1. The molecule has 0 aliphatic carbocycles. The van der Waals surface area contributed by atoms with E-state index in [0.717, 1.165) is 9.87 Å². The van der Waals surface area contributed by atoms with Gasteiger partial charge in [0.05, 0.1) is 31.9 Å². The van der Waals surface area contributed by atoms with Gasteiger partial charge >= 0.3 is 0 Å². The molecule has 0 saturated heterocycles. The molecule has 0 heterocycles. The molecule has 0 aromatic heterocycles. The van der Waals surface area contributed by atoms with Crippen molar-refractivity contribution in [2.75, 3.05) is 38.7 Å². The van der Waals surface area contributed by atoms with Crippen LogP contribution in [0.3, 0.4) is 0 Å². The quantitative estimate of drug-likeness (QED) is 0.283. The zero-order valence-corrected chi connectivity index (χ0v) is 25.9. The molecule has 3 aromatic rings. The number of halogens is 1. The molecule has 226 valence electrons. The molecule has 1 unspecified atom stereocenters. The van der Waals surface area contributed by atoms with Crippen LogP contribution in [0.4, 0.5) is 5.69 Å². The van der Waals surface area contributed by atoms with E-state index in [-0.39, 0.29) is 39.6 Å². The molecule has 2 amide bonds. The number of rotatable bonds is 14. The summed E-state index contributed by atoms with van der Waals surface area (Å²) in [5.41, 5.74) is 0.835. The van der Waals surface area contributed by atoms with Gasteiger partial charge in [-0.15, -0.1) is 0 Å². The topological polar surface area (TPSA) is 114 Å². The second-order valence-electron chi connectivity index (χ2n) is 9.17. The highest BCUT2D eigenvalue weighted by atomic mass is 35.5. The molecule has 0 radical (unpaired) electrons. The number of ether oxygens (including phenoxy) is 3. The lowest BCUT2D eigenvalue weighted by Gasteiger charge is -2.33. The van der Waals surface area contributed by atoms with E-state index in [1.54, 1.807) is 19.9 Å². The molecular formula is C30H36ClN3O7S. The third-order valence-corrected chi connectivity index (χ3v) is 8.55. The molecule has 0 saturated carbocycles. The van der Waals surface area contributed by atoms with E-state index >= 15 is 0 Å². The predicted molar refractivity (Wildman–Crippen MR) is 162 cm³/mol. The van der Waals surface area contributed by atoms with E-state index in [1.165, 1.54) is 56.6 Å². The smallest absolute Gasteiger partial charge is 0.265 e. The summed E-state index contributed by atoms with van der Waals surface area (Å²) in [5, 5.41) is 3.02. The number of benzene rings is 3. The second kappa shape index (κ2) is 14.8. The summed E-state index contributed by atoms with van der Waals surface area (Å²) in [6.07, 6.45) is 0.313. The lowest BCUT2D eigenvalue weighted by atomic mass is 10.1. The third-order valence-electron chi connectivity index (χ3n) is 6.56. The Hall–Kier alpha value is -3.96. The monoisotopic (exact) mass is 617 g/mol. The highest BCUT2D eigenvalue weighted by molar-refractivity contribution is 7.92. The standard InChI is InChI=1S/C30H36ClN3O7S/c1-6-24(30(36)32-7-2)33(19-21-11-9-8-10-12-21)29(35)20-34(25-17-22(31)13-15-26(25)39-3)42(37,38)23-14-16-27(40-4)28(18-23)41-5/h8-18,24H,6-7,19-20H2,1-5H3,(H,32,36). The summed E-state index contributed by atoms with van der Waals surface area (Å²) in [6.45, 7) is 3.41. The normalized spacial score (nSPS) is 11.8. The van der Waals surface area contributed by atoms with E-state index in [9.17, 15) is 18.0 Å². The van der Waals surface area contributed by atoms with Gasteiger partial charge in [0.25, 0.3) is 10.0 Å². The molecule has 0 aliphatic rings. The van der Waals surface area contributed by atoms with Crippen molar-refractivity contribution in [3.8, 4) is 17.2 Å². The van der Waals surface area contributed by atoms with Crippen LogP contribution >= 0.6 is 11.6 Å². The Morgan fingerprint density at radius 3 is 2.12 bits per heavy atom. The number of methoxy groups -OCH3 is 3. The molecule has 3 rings (SSSR count). The maximum absolute atomic E-state index is 14.3. The van der Waals surface area contributed by atoms with Crippen LogP contribution in [0.2, 0.25) is 5.02 Å². The maximum Gasteiger partial charge on any atom is 0.265 e. The SMILES string of the molecule is CCNC(=O)C(CC)N(Cc1ccccc1)C(=O)CN(c1cc(Cl)ccc1OC)S(=O)(=O)c1ccc(OC)c(OC)c1. The molecule has 10 nitrogen and oxygen atoms in total. The third kappa shape index (κ3) is 7.46. The summed E-state index contributed by atoms with van der Waals surface area (Å²) < 4.78 is 45.5. The van der Waals surface area contributed by atoms with Crippen molar-refractivity contribution in [1.82, 2.24) is 10.2 Å². The number of hydrogen-bond acceptors (Lipinski definition) is 7. The van der Waals surface area contributed by atoms with Gasteiger partial charge in [-0.05, 0) is 49.2 Å². The fraction of sp³-hybridized carbons (Fsp3) is 0.333. The van der Waals surface area contributed by atoms with Gasteiger partial charge in [0.2, 0.25) is 11.8 Å². The van der Waals surface area contributed by atoms with Crippen LogP contribution in [-0.4, -0.2) is 65.6 Å². The molecule has 3 aromatic carbocycles. The van der Waals surface area contributed by atoms with Crippen molar-refractivity contribution in [2.45, 2.75) is 37.8 Å². The van der Waals surface area contributed by atoms with E-state index in [4.69, 9.17) is 25.8 Å². The summed E-state index contributed by atoms with van der Waals surface area (Å²) >= 11 is 6.30. The number of carbonyl (C=O) groups is 2. The average molecular weight is 618 g/mol. The Bertz CT molecular complexity index is 1490. The summed E-state index contributed by atoms with van der Waals surface area (Å²) in [7, 11) is -0.195. The van der Waals surface area contributed by atoms with Gasteiger partial charge in [-0.2, -0.15) is 0 Å². The van der Waals surface area contributed by atoms with Crippen LogP contribution in [0.15, 0.2) is 71.6 Å².